The van der Waals surface area contributed by atoms with Crippen LogP contribution in [0.2, 0.25) is 0 Å². The lowest BCUT2D eigenvalue weighted by Crippen LogP contribution is -2.40. The van der Waals surface area contributed by atoms with E-state index in [2.05, 4.69) is 20.5 Å². The lowest BCUT2D eigenvalue weighted by Gasteiger charge is -2.28. The number of ether oxygens (including phenoxy) is 1. The van der Waals surface area contributed by atoms with Crippen LogP contribution in [0.5, 0.6) is 0 Å². The lowest BCUT2D eigenvalue weighted by atomic mass is 10.1. The molecule has 0 spiro atoms. The number of nitrogens with zero attached hydrogens (tertiary/aromatic N) is 3. The first-order valence-corrected chi connectivity index (χ1v) is 13.0. The van der Waals surface area contributed by atoms with Gasteiger partial charge in [0.15, 0.2) is 5.96 Å². The molecule has 0 radical (unpaired) electrons. The van der Waals surface area contributed by atoms with E-state index in [1.165, 1.54) is 0 Å². The van der Waals surface area contributed by atoms with Gasteiger partial charge >= 0.3 is 0 Å². The zero-order valence-corrected chi connectivity index (χ0v) is 21.2. The molecular formula is C27H40N6O3. The molecule has 1 aliphatic rings. The minimum absolute atomic E-state index is 0.0399. The van der Waals surface area contributed by atoms with Gasteiger partial charge in [0, 0.05) is 50.7 Å². The summed E-state index contributed by atoms with van der Waals surface area (Å²) in [6.07, 6.45) is 8.85. The van der Waals surface area contributed by atoms with Crippen molar-refractivity contribution < 1.29 is 14.4 Å². The van der Waals surface area contributed by atoms with Gasteiger partial charge < -0.3 is 15.4 Å². The van der Waals surface area contributed by atoms with Crippen molar-refractivity contribution in [2.45, 2.75) is 45.1 Å². The summed E-state index contributed by atoms with van der Waals surface area (Å²) in [6.45, 7) is 5.84. The molecule has 1 amide bonds. The number of hydroxylamine groups is 2. The smallest absolute Gasteiger partial charge is 0.246 e. The van der Waals surface area contributed by atoms with Crippen molar-refractivity contribution in [2.75, 3.05) is 51.3 Å². The zero-order chi connectivity index (χ0) is 25.3. The number of unbranched alkanes of at least 4 members (excludes halogenated alkanes) is 4. The standard InChI is InChI=1S/C27H40N6O3/c28-27(31-25-12-15-29-16-13-25)30-14-8-3-1-2-7-11-26(34)33(23-24-9-5-4-6-10-24)36-22-19-32-17-20-35-21-18-32/h4-6,9-10,12-13,15-16H,1-3,7-8,11,14,17-23H2,(H3,28,29,30,31). The molecule has 0 saturated carbocycles. The molecule has 3 N–H and O–H groups in total. The molecule has 1 aromatic carbocycles. The summed E-state index contributed by atoms with van der Waals surface area (Å²) in [5.41, 5.74) is 1.91. The number of hydrogen-bond acceptors (Lipinski definition) is 6. The normalized spacial score (nSPS) is 13.8. The van der Waals surface area contributed by atoms with Crippen LogP contribution in [0.3, 0.4) is 0 Å². The quantitative estimate of drug-likeness (QED) is 0.150. The third kappa shape index (κ3) is 11.2. The first kappa shape index (κ1) is 27.6. The molecule has 1 fully saturated rings. The third-order valence-corrected chi connectivity index (χ3v) is 6.02. The maximum atomic E-state index is 12.9. The largest absolute Gasteiger partial charge is 0.379 e. The Labute approximate surface area is 214 Å². The lowest BCUT2D eigenvalue weighted by molar-refractivity contribution is -0.192. The van der Waals surface area contributed by atoms with Gasteiger partial charge in [0.25, 0.3) is 0 Å². The topological polar surface area (TPSA) is 103 Å². The van der Waals surface area contributed by atoms with E-state index in [4.69, 9.17) is 15.0 Å². The molecular weight excluding hydrogens is 456 g/mol. The van der Waals surface area contributed by atoms with Crippen LogP contribution >= 0.6 is 0 Å². The maximum absolute atomic E-state index is 12.9. The third-order valence-electron chi connectivity index (χ3n) is 6.02. The number of nitrogens with one attached hydrogen (secondary N) is 3. The highest BCUT2D eigenvalue weighted by Crippen LogP contribution is 2.11. The number of hydrogen-bond donors (Lipinski definition) is 3. The summed E-state index contributed by atoms with van der Waals surface area (Å²) in [7, 11) is 0. The van der Waals surface area contributed by atoms with Gasteiger partial charge in [-0.05, 0) is 30.5 Å². The van der Waals surface area contributed by atoms with E-state index in [1.54, 1.807) is 17.5 Å². The fourth-order valence-electron chi connectivity index (χ4n) is 3.95. The van der Waals surface area contributed by atoms with E-state index in [-0.39, 0.29) is 5.91 Å². The van der Waals surface area contributed by atoms with E-state index in [0.29, 0.717) is 25.5 Å². The fourth-order valence-corrected chi connectivity index (χ4v) is 3.95. The number of anilines is 1. The molecule has 9 heteroatoms. The van der Waals surface area contributed by atoms with Crippen molar-refractivity contribution in [1.29, 1.82) is 5.41 Å². The van der Waals surface area contributed by atoms with Crippen LogP contribution in [0.25, 0.3) is 0 Å². The summed E-state index contributed by atoms with van der Waals surface area (Å²) in [5.74, 6) is 0.331. The van der Waals surface area contributed by atoms with Crippen LogP contribution < -0.4 is 10.6 Å². The molecule has 9 nitrogen and oxygen atoms in total. The Morgan fingerprint density at radius 2 is 1.75 bits per heavy atom. The number of morpholine rings is 1. The second kappa shape index (κ2) is 16.6. The van der Waals surface area contributed by atoms with E-state index in [1.807, 2.05) is 42.5 Å². The number of pyridine rings is 1. The number of guanidine groups is 1. The molecule has 1 aliphatic heterocycles. The highest BCUT2D eigenvalue weighted by atomic mass is 16.7. The van der Waals surface area contributed by atoms with Crippen molar-refractivity contribution in [3.63, 3.8) is 0 Å². The molecule has 36 heavy (non-hydrogen) atoms. The van der Waals surface area contributed by atoms with Crippen LogP contribution in [0.1, 0.15) is 44.1 Å². The van der Waals surface area contributed by atoms with Gasteiger partial charge in [-0.1, -0.05) is 49.6 Å². The Bertz CT molecular complexity index is 878. The summed E-state index contributed by atoms with van der Waals surface area (Å²) in [5, 5.41) is 15.6. The Balaban J connectivity index is 1.28. The monoisotopic (exact) mass is 496 g/mol. The molecule has 2 heterocycles. The molecule has 196 valence electrons. The summed E-state index contributed by atoms with van der Waals surface area (Å²) >= 11 is 0. The molecule has 2 aromatic rings. The van der Waals surface area contributed by atoms with Gasteiger partial charge in [0.2, 0.25) is 5.91 Å². The number of benzene rings is 1. The van der Waals surface area contributed by atoms with Crippen molar-refractivity contribution in [3.05, 3.63) is 60.4 Å². The molecule has 1 saturated heterocycles. The first-order valence-electron chi connectivity index (χ1n) is 13.0. The van der Waals surface area contributed by atoms with E-state index in [9.17, 15) is 4.79 Å². The van der Waals surface area contributed by atoms with Crippen molar-refractivity contribution in [2.24, 2.45) is 0 Å². The van der Waals surface area contributed by atoms with Crippen LogP contribution in [-0.4, -0.2) is 72.8 Å². The number of rotatable bonds is 15. The summed E-state index contributed by atoms with van der Waals surface area (Å²) < 4.78 is 5.40. The molecule has 0 unspecified atom stereocenters. The number of carbonyl (C=O) groups is 1. The van der Waals surface area contributed by atoms with E-state index >= 15 is 0 Å². The second-order valence-corrected chi connectivity index (χ2v) is 8.88. The number of carbonyl (C=O) groups excluding carboxylic acids is 1. The highest BCUT2D eigenvalue weighted by Gasteiger charge is 2.16. The van der Waals surface area contributed by atoms with Gasteiger partial charge in [-0.25, -0.2) is 5.06 Å². The predicted molar refractivity (Wildman–Crippen MR) is 141 cm³/mol. The van der Waals surface area contributed by atoms with Gasteiger partial charge in [-0.3, -0.25) is 24.9 Å². The number of aromatic nitrogens is 1. The van der Waals surface area contributed by atoms with Crippen molar-refractivity contribution >= 4 is 17.6 Å². The maximum Gasteiger partial charge on any atom is 0.246 e. The minimum atomic E-state index is 0.0399. The first-order chi connectivity index (χ1) is 17.7. The van der Waals surface area contributed by atoms with Crippen LogP contribution in [0.4, 0.5) is 5.69 Å². The second-order valence-electron chi connectivity index (χ2n) is 8.88. The summed E-state index contributed by atoms with van der Waals surface area (Å²) in [4.78, 5) is 25.1. The highest BCUT2D eigenvalue weighted by molar-refractivity contribution is 5.90. The van der Waals surface area contributed by atoms with Crippen LogP contribution in [0.15, 0.2) is 54.9 Å². The minimum Gasteiger partial charge on any atom is -0.379 e. The van der Waals surface area contributed by atoms with E-state index in [0.717, 1.165) is 82.7 Å². The van der Waals surface area contributed by atoms with Crippen LogP contribution in [0, 0.1) is 5.41 Å². The number of amides is 1. The Hall–Kier alpha value is -3.01. The zero-order valence-electron chi connectivity index (χ0n) is 21.2. The Morgan fingerprint density at radius 3 is 2.53 bits per heavy atom. The van der Waals surface area contributed by atoms with Gasteiger partial charge in [-0.15, -0.1) is 0 Å². The van der Waals surface area contributed by atoms with Crippen molar-refractivity contribution in [1.82, 2.24) is 20.3 Å². The van der Waals surface area contributed by atoms with Gasteiger partial charge in [0.1, 0.15) is 0 Å². The Morgan fingerprint density at radius 1 is 1.03 bits per heavy atom. The summed E-state index contributed by atoms with van der Waals surface area (Å²) in [6, 6.07) is 13.6. The van der Waals surface area contributed by atoms with E-state index < -0.39 is 0 Å². The van der Waals surface area contributed by atoms with Crippen molar-refractivity contribution in [3.8, 4) is 0 Å². The predicted octanol–water partition coefficient (Wildman–Crippen LogP) is 3.65. The molecule has 3 rings (SSSR count). The molecule has 1 aromatic heterocycles. The SMILES string of the molecule is N=C(NCCCCCCCC(=O)N(Cc1ccccc1)OCCN1CCOCC1)Nc1ccncc1. The average molecular weight is 497 g/mol. The Kier molecular flexibility index (Phi) is 12.7. The molecule has 0 atom stereocenters. The van der Waals surface area contributed by atoms with Gasteiger partial charge in [0.05, 0.1) is 26.4 Å². The molecule has 0 aliphatic carbocycles. The van der Waals surface area contributed by atoms with Gasteiger partial charge in [-0.2, -0.15) is 0 Å². The van der Waals surface area contributed by atoms with Crippen LogP contribution in [-0.2, 0) is 20.9 Å². The average Bonchev–Trinajstić information content (AvgIpc) is 2.91. The molecule has 0 bridgehead atoms. The fraction of sp³-hybridized carbons (Fsp3) is 0.519.